The maximum Gasteiger partial charge on any atom is 0.411 e. The molecule has 7 nitrogen and oxygen atoms in total. The summed E-state index contributed by atoms with van der Waals surface area (Å²) in [6.45, 7) is 9.15. The summed E-state index contributed by atoms with van der Waals surface area (Å²) >= 11 is 0. The number of carbonyl (C=O) groups is 2. The highest BCUT2D eigenvalue weighted by atomic mass is 16.6. The summed E-state index contributed by atoms with van der Waals surface area (Å²) in [5.41, 5.74) is 0.374. The lowest BCUT2D eigenvalue weighted by molar-refractivity contribution is -0.132. The number of ether oxygens (including phenoxy) is 4. The number of carbonyl (C=O) groups excluding carboxylic acids is 2. The van der Waals surface area contributed by atoms with Gasteiger partial charge in [0.2, 0.25) is 5.75 Å². The number of hydrogen-bond donors (Lipinski definition) is 1. The second-order valence-electron chi connectivity index (χ2n) is 4.84. The van der Waals surface area contributed by atoms with Crippen LogP contribution in [-0.2, 0) is 9.53 Å². The van der Waals surface area contributed by atoms with Gasteiger partial charge in [0, 0.05) is 19.1 Å². The summed E-state index contributed by atoms with van der Waals surface area (Å²) in [6, 6.07) is 3.07. The van der Waals surface area contributed by atoms with E-state index in [1.807, 2.05) is 6.92 Å². The second-order valence-corrected chi connectivity index (χ2v) is 4.84. The third kappa shape index (κ3) is 6.06. The van der Waals surface area contributed by atoms with Crippen molar-refractivity contribution in [1.82, 2.24) is 0 Å². The molecular weight excluding hydrogens is 302 g/mol. The molecule has 0 atom stereocenters. The van der Waals surface area contributed by atoms with E-state index >= 15 is 0 Å². The molecule has 0 heterocycles. The largest absolute Gasteiger partial charge is 0.490 e. The van der Waals surface area contributed by atoms with E-state index in [1.54, 1.807) is 26.8 Å². The quantitative estimate of drug-likeness (QED) is 0.611. The molecule has 1 amide bonds. The number of hydrogen-bond acceptors (Lipinski definition) is 6. The molecule has 1 aromatic rings. The summed E-state index contributed by atoms with van der Waals surface area (Å²) in [7, 11) is 0. The van der Waals surface area contributed by atoms with Crippen LogP contribution in [0, 0.1) is 0 Å². The molecule has 0 bridgehead atoms. The highest BCUT2D eigenvalue weighted by molar-refractivity contribution is 5.86. The Morgan fingerprint density at radius 3 is 2.22 bits per heavy atom. The van der Waals surface area contributed by atoms with Gasteiger partial charge in [-0.25, -0.2) is 4.79 Å². The van der Waals surface area contributed by atoms with Gasteiger partial charge in [-0.15, -0.1) is 0 Å². The fraction of sp³-hybridized carbons (Fsp3) is 0.500. The predicted molar refractivity (Wildman–Crippen MR) is 85.3 cm³/mol. The molecule has 0 fully saturated rings. The van der Waals surface area contributed by atoms with Crippen LogP contribution in [-0.4, -0.2) is 31.4 Å². The van der Waals surface area contributed by atoms with Crippen molar-refractivity contribution in [2.45, 2.75) is 40.7 Å². The van der Waals surface area contributed by atoms with Crippen LogP contribution in [0.5, 0.6) is 17.2 Å². The lowest BCUT2D eigenvalue weighted by Crippen LogP contribution is -2.18. The third-order valence-corrected chi connectivity index (χ3v) is 2.45. The standard InChI is InChI=1S/C16H23NO6/c1-6-20-13-8-12(17-16(19)22-10(3)4)9-14(23-11(5)18)15(13)21-7-2/h8-10H,6-7H2,1-5H3,(H,17,19). The Kier molecular flexibility index (Phi) is 7.18. The van der Waals surface area contributed by atoms with E-state index in [0.29, 0.717) is 30.4 Å². The van der Waals surface area contributed by atoms with Crippen molar-refractivity contribution in [2.24, 2.45) is 0 Å². The number of anilines is 1. The van der Waals surface area contributed by atoms with Crippen LogP contribution in [0.2, 0.25) is 0 Å². The maximum atomic E-state index is 11.7. The second kappa shape index (κ2) is 8.87. The Labute approximate surface area is 135 Å². The zero-order chi connectivity index (χ0) is 17.4. The summed E-state index contributed by atoms with van der Waals surface area (Å²) in [5.74, 6) is 0.348. The summed E-state index contributed by atoms with van der Waals surface area (Å²) in [5, 5.41) is 2.57. The molecule has 128 valence electrons. The normalized spacial score (nSPS) is 10.2. The first-order valence-corrected chi connectivity index (χ1v) is 7.47. The third-order valence-electron chi connectivity index (χ3n) is 2.45. The van der Waals surface area contributed by atoms with E-state index in [-0.39, 0.29) is 11.9 Å². The zero-order valence-corrected chi connectivity index (χ0v) is 14.1. The monoisotopic (exact) mass is 325 g/mol. The van der Waals surface area contributed by atoms with E-state index in [2.05, 4.69) is 5.32 Å². The van der Waals surface area contributed by atoms with Gasteiger partial charge in [0.1, 0.15) is 0 Å². The van der Waals surface area contributed by atoms with Crippen molar-refractivity contribution in [1.29, 1.82) is 0 Å². The SMILES string of the molecule is CCOc1cc(NC(=O)OC(C)C)cc(OC(C)=O)c1OCC. The number of nitrogens with one attached hydrogen (secondary N) is 1. The molecule has 0 aromatic heterocycles. The minimum Gasteiger partial charge on any atom is -0.490 e. The van der Waals surface area contributed by atoms with Crippen molar-refractivity contribution in [3.05, 3.63) is 12.1 Å². The number of esters is 1. The van der Waals surface area contributed by atoms with E-state index in [4.69, 9.17) is 18.9 Å². The first-order valence-electron chi connectivity index (χ1n) is 7.47. The molecule has 0 aliphatic rings. The molecule has 1 N–H and O–H groups in total. The molecule has 0 aliphatic heterocycles. The predicted octanol–water partition coefficient (Wildman–Crippen LogP) is 3.37. The first-order chi connectivity index (χ1) is 10.9. The molecule has 0 radical (unpaired) electrons. The van der Waals surface area contributed by atoms with Crippen molar-refractivity contribution in [2.75, 3.05) is 18.5 Å². The smallest absolute Gasteiger partial charge is 0.411 e. The van der Waals surface area contributed by atoms with E-state index < -0.39 is 12.1 Å². The minimum absolute atomic E-state index is 0.171. The van der Waals surface area contributed by atoms with Gasteiger partial charge in [0.25, 0.3) is 0 Å². The Bertz CT molecular complexity index is 556. The van der Waals surface area contributed by atoms with Gasteiger partial charge in [-0.05, 0) is 27.7 Å². The lowest BCUT2D eigenvalue weighted by atomic mass is 10.2. The van der Waals surface area contributed by atoms with Crippen molar-refractivity contribution >= 4 is 17.7 Å². The average molecular weight is 325 g/mol. The Hall–Kier alpha value is -2.44. The fourth-order valence-electron chi connectivity index (χ4n) is 1.79. The van der Waals surface area contributed by atoms with Crippen molar-refractivity contribution < 1.29 is 28.5 Å². The molecule has 0 unspecified atom stereocenters. The highest BCUT2D eigenvalue weighted by Crippen LogP contribution is 2.40. The summed E-state index contributed by atoms with van der Waals surface area (Å²) in [4.78, 5) is 23.0. The fourth-order valence-corrected chi connectivity index (χ4v) is 1.79. The Balaban J connectivity index is 3.18. The van der Waals surface area contributed by atoms with E-state index in [9.17, 15) is 9.59 Å². The molecule has 0 saturated heterocycles. The van der Waals surface area contributed by atoms with Crippen LogP contribution in [0.25, 0.3) is 0 Å². The number of amides is 1. The molecule has 23 heavy (non-hydrogen) atoms. The van der Waals surface area contributed by atoms with Gasteiger partial charge in [-0.3, -0.25) is 10.1 Å². The van der Waals surface area contributed by atoms with Gasteiger partial charge >= 0.3 is 12.1 Å². The zero-order valence-electron chi connectivity index (χ0n) is 14.1. The van der Waals surface area contributed by atoms with Crippen molar-refractivity contribution in [3.63, 3.8) is 0 Å². The first kappa shape index (κ1) is 18.6. The molecule has 0 saturated carbocycles. The van der Waals surface area contributed by atoms with E-state index in [1.165, 1.54) is 13.0 Å². The van der Waals surface area contributed by atoms with Gasteiger partial charge in [0.15, 0.2) is 11.5 Å². The van der Waals surface area contributed by atoms with E-state index in [0.717, 1.165) is 0 Å². The van der Waals surface area contributed by atoms with Crippen LogP contribution in [0.15, 0.2) is 12.1 Å². The molecule has 1 rings (SSSR count). The minimum atomic E-state index is -0.611. The van der Waals surface area contributed by atoms with Gasteiger partial charge in [-0.1, -0.05) is 0 Å². The highest BCUT2D eigenvalue weighted by Gasteiger charge is 2.18. The lowest BCUT2D eigenvalue weighted by Gasteiger charge is -2.17. The average Bonchev–Trinajstić information content (AvgIpc) is 2.41. The van der Waals surface area contributed by atoms with Gasteiger partial charge in [-0.2, -0.15) is 0 Å². The van der Waals surface area contributed by atoms with Crippen LogP contribution < -0.4 is 19.5 Å². The Morgan fingerprint density at radius 1 is 1.09 bits per heavy atom. The summed E-state index contributed by atoms with van der Waals surface area (Å²) in [6.07, 6.45) is -0.864. The van der Waals surface area contributed by atoms with Crippen LogP contribution in [0.1, 0.15) is 34.6 Å². The van der Waals surface area contributed by atoms with Gasteiger partial charge < -0.3 is 18.9 Å². The molecular formula is C16H23NO6. The molecule has 0 aliphatic carbocycles. The maximum absolute atomic E-state index is 11.7. The van der Waals surface area contributed by atoms with Gasteiger partial charge in [0.05, 0.1) is 25.0 Å². The molecule has 7 heteroatoms. The summed E-state index contributed by atoms with van der Waals surface area (Å²) < 4.78 is 21.2. The Morgan fingerprint density at radius 2 is 1.70 bits per heavy atom. The number of rotatable bonds is 7. The van der Waals surface area contributed by atoms with Crippen LogP contribution in [0.3, 0.4) is 0 Å². The van der Waals surface area contributed by atoms with Crippen LogP contribution in [0.4, 0.5) is 10.5 Å². The van der Waals surface area contributed by atoms with Crippen molar-refractivity contribution in [3.8, 4) is 17.2 Å². The number of benzene rings is 1. The molecule has 1 aromatic carbocycles. The van der Waals surface area contributed by atoms with Crippen LogP contribution >= 0.6 is 0 Å². The topological polar surface area (TPSA) is 83.1 Å². The molecule has 0 spiro atoms.